The van der Waals surface area contributed by atoms with E-state index < -0.39 is 0 Å². The van der Waals surface area contributed by atoms with Crippen LogP contribution < -0.4 is 10.2 Å². The van der Waals surface area contributed by atoms with E-state index in [1.165, 1.54) is 12.1 Å². The lowest BCUT2D eigenvalue weighted by Gasteiger charge is -2.11. The summed E-state index contributed by atoms with van der Waals surface area (Å²) in [6.07, 6.45) is 0. The van der Waals surface area contributed by atoms with E-state index in [9.17, 15) is 4.39 Å². The van der Waals surface area contributed by atoms with Gasteiger partial charge in [-0.25, -0.2) is 4.39 Å². The van der Waals surface area contributed by atoms with Crippen LogP contribution in [0.5, 0.6) is 5.75 Å². The molecule has 0 aromatic heterocycles. The Balaban J connectivity index is 2.50. The molecule has 0 atom stereocenters. The van der Waals surface area contributed by atoms with Crippen molar-refractivity contribution < 1.29 is 9.13 Å². The third-order valence-corrected chi connectivity index (χ3v) is 1.82. The van der Waals surface area contributed by atoms with Crippen LogP contribution in [0, 0.1) is 5.82 Å². The fourth-order valence-corrected chi connectivity index (χ4v) is 1.13. The zero-order valence-corrected chi connectivity index (χ0v) is 8.88. The Hall–Kier alpha value is -1.03. The van der Waals surface area contributed by atoms with Crippen LogP contribution in [-0.2, 0) is 0 Å². The van der Waals surface area contributed by atoms with Crippen molar-refractivity contribution in [1.82, 2.24) is 4.90 Å². The van der Waals surface area contributed by atoms with Crippen molar-refractivity contribution in [3.05, 3.63) is 24.0 Å². The van der Waals surface area contributed by atoms with Gasteiger partial charge in [0.1, 0.15) is 26.0 Å². The van der Waals surface area contributed by atoms with Crippen molar-refractivity contribution >= 4 is 13.3 Å². The number of likely N-dealkylation sites (N-methyl/N-ethyl adjacent to an activating group) is 1. The molecule has 0 saturated heterocycles. The van der Waals surface area contributed by atoms with Crippen molar-refractivity contribution in [2.24, 2.45) is 0 Å². The van der Waals surface area contributed by atoms with Crippen LogP contribution in [0.3, 0.4) is 0 Å². The molecule has 0 N–H and O–H groups in total. The SMILES string of the molecule is Bc1cc(F)cc(OCCN(C)C)c1. The number of ether oxygens (including phenoxy) is 1. The van der Waals surface area contributed by atoms with Crippen LogP contribution in [0.25, 0.3) is 0 Å². The highest BCUT2D eigenvalue weighted by atomic mass is 19.1. The molecular formula is C10H15BFNO. The molecule has 2 nitrogen and oxygen atoms in total. The van der Waals surface area contributed by atoms with Crippen molar-refractivity contribution in [3.63, 3.8) is 0 Å². The first kappa shape index (κ1) is 11.1. The van der Waals surface area contributed by atoms with Crippen LogP contribution in [-0.4, -0.2) is 40.0 Å². The molecular weight excluding hydrogens is 180 g/mol. The Bertz CT molecular complexity index is 284. The Kier molecular flexibility index (Phi) is 3.95. The molecule has 0 saturated carbocycles. The maximum Gasteiger partial charge on any atom is 0.139 e. The van der Waals surface area contributed by atoms with Gasteiger partial charge in [-0.1, -0.05) is 5.46 Å². The molecule has 0 fully saturated rings. The van der Waals surface area contributed by atoms with E-state index >= 15 is 0 Å². The highest BCUT2D eigenvalue weighted by Gasteiger charge is 1.98. The summed E-state index contributed by atoms with van der Waals surface area (Å²) in [5.74, 6) is 0.356. The molecule has 0 radical (unpaired) electrons. The molecule has 0 amide bonds. The summed E-state index contributed by atoms with van der Waals surface area (Å²) >= 11 is 0. The molecule has 0 aliphatic rings. The van der Waals surface area contributed by atoms with Crippen LogP contribution in [0.1, 0.15) is 0 Å². The summed E-state index contributed by atoms with van der Waals surface area (Å²) in [4.78, 5) is 2.02. The lowest BCUT2D eigenvalue weighted by atomic mass is 9.96. The van der Waals surface area contributed by atoms with Gasteiger partial charge in [-0.2, -0.15) is 0 Å². The van der Waals surface area contributed by atoms with Gasteiger partial charge in [0.2, 0.25) is 0 Å². The predicted octanol–water partition coefficient (Wildman–Crippen LogP) is 0.0245. The van der Waals surface area contributed by atoms with Gasteiger partial charge >= 0.3 is 0 Å². The van der Waals surface area contributed by atoms with Crippen molar-refractivity contribution in [3.8, 4) is 5.75 Å². The summed E-state index contributed by atoms with van der Waals surface area (Å²) < 4.78 is 18.3. The number of hydrogen-bond acceptors (Lipinski definition) is 2. The summed E-state index contributed by atoms with van der Waals surface area (Å²) in [6, 6.07) is 4.72. The molecule has 0 spiro atoms. The van der Waals surface area contributed by atoms with Gasteiger partial charge in [-0.05, 0) is 26.2 Å². The van der Waals surface area contributed by atoms with Crippen molar-refractivity contribution in [2.75, 3.05) is 27.2 Å². The molecule has 0 bridgehead atoms. The molecule has 0 aliphatic carbocycles. The normalized spacial score (nSPS) is 10.6. The van der Waals surface area contributed by atoms with Crippen LogP contribution in [0.4, 0.5) is 4.39 Å². The molecule has 1 rings (SSSR count). The van der Waals surface area contributed by atoms with Gasteiger partial charge in [-0.15, -0.1) is 0 Å². The van der Waals surface area contributed by atoms with Crippen molar-refractivity contribution in [1.29, 1.82) is 0 Å². The largest absolute Gasteiger partial charge is 0.492 e. The fourth-order valence-electron chi connectivity index (χ4n) is 1.13. The summed E-state index contributed by atoms with van der Waals surface area (Å²) in [6.45, 7) is 1.41. The van der Waals surface area contributed by atoms with E-state index in [1.807, 2.05) is 32.9 Å². The molecule has 0 heterocycles. The second kappa shape index (κ2) is 5.01. The van der Waals surface area contributed by atoms with Gasteiger partial charge < -0.3 is 9.64 Å². The summed E-state index contributed by atoms with van der Waals surface area (Å²) in [5.41, 5.74) is 0.879. The van der Waals surface area contributed by atoms with Gasteiger partial charge in [0.05, 0.1) is 0 Å². The van der Waals surface area contributed by atoms with E-state index in [0.29, 0.717) is 12.4 Å². The van der Waals surface area contributed by atoms with E-state index in [1.54, 1.807) is 0 Å². The Morgan fingerprint density at radius 1 is 1.36 bits per heavy atom. The lowest BCUT2D eigenvalue weighted by molar-refractivity contribution is 0.261. The second-order valence-corrected chi connectivity index (χ2v) is 3.62. The second-order valence-electron chi connectivity index (χ2n) is 3.62. The standard InChI is InChI=1S/C10H15BFNO/c1-13(2)3-4-14-10-6-8(11)5-9(12)7-10/h5-7H,3-4,11H2,1-2H3. The molecule has 14 heavy (non-hydrogen) atoms. The minimum atomic E-state index is -0.246. The fraction of sp³-hybridized carbons (Fsp3) is 0.400. The van der Waals surface area contributed by atoms with Crippen LogP contribution in [0.2, 0.25) is 0 Å². The minimum absolute atomic E-state index is 0.246. The zero-order valence-electron chi connectivity index (χ0n) is 8.88. The van der Waals surface area contributed by atoms with Gasteiger partial charge in [0.25, 0.3) is 0 Å². The highest BCUT2D eigenvalue weighted by Crippen LogP contribution is 2.09. The quantitative estimate of drug-likeness (QED) is 0.628. The van der Waals surface area contributed by atoms with Gasteiger partial charge in [-0.3, -0.25) is 0 Å². The molecule has 1 aromatic carbocycles. The van der Waals surface area contributed by atoms with Gasteiger partial charge in [0.15, 0.2) is 0 Å². The molecule has 0 unspecified atom stereocenters. The number of benzene rings is 1. The van der Waals surface area contributed by atoms with E-state index in [2.05, 4.69) is 0 Å². The summed E-state index contributed by atoms with van der Waals surface area (Å²) in [7, 11) is 5.79. The first-order valence-electron chi connectivity index (χ1n) is 4.62. The Morgan fingerprint density at radius 3 is 2.64 bits per heavy atom. The Morgan fingerprint density at radius 2 is 2.07 bits per heavy atom. The average molecular weight is 195 g/mol. The molecule has 76 valence electrons. The Labute approximate surface area is 85.1 Å². The zero-order chi connectivity index (χ0) is 10.6. The topological polar surface area (TPSA) is 12.5 Å². The van der Waals surface area contributed by atoms with Gasteiger partial charge in [0, 0.05) is 12.6 Å². The predicted molar refractivity (Wildman–Crippen MR) is 58.6 cm³/mol. The minimum Gasteiger partial charge on any atom is -0.492 e. The maximum absolute atomic E-state index is 12.9. The van der Waals surface area contributed by atoms with E-state index in [0.717, 1.165) is 12.0 Å². The maximum atomic E-state index is 12.9. The molecule has 4 heteroatoms. The third kappa shape index (κ3) is 3.79. The third-order valence-electron chi connectivity index (χ3n) is 1.82. The summed E-state index contributed by atoms with van der Waals surface area (Å²) in [5, 5.41) is 0. The van der Waals surface area contributed by atoms with Crippen LogP contribution >= 0.6 is 0 Å². The highest BCUT2D eigenvalue weighted by molar-refractivity contribution is 6.32. The smallest absolute Gasteiger partial charge is 0.139 e. The first-order valence-corrected chi connectivity index (χ1v) is 4.62. The number of rotatable bonds is 4. The molecule has 1 aromatic rings. The number of nitrogens with zero attached hydrogens (tertiary/aromatic N) is 1. The number of halogens is 1. The van der Waals surface area contributed by atoms with E-state index in [4.69, 9.17) is 4.74 Å². The average Bonchev–Trinajstić information content (AvgIpc) is 2.01. The lowest BCUT2D eigenvalue weighted by Crippen LogP contribution is -2.19. The van der Waals surface area contributed by atoms with Crippen molar-refractivity contribution in [2.45, 2.75) is 0 Å². The monoisotopic (exact) mass is 195 g/mol. The van der Waals surface area contributed by atoms with Crippen LogP contribution in [0.15, 0.2) is 18.2 Å². The molecule has 0 aliphatic heterocycles. The number of hydrogen-bond donors (Lipinski definition) is 0. The van der Waals surface area contributed by atoms with E-state index in [-0.39, 0.29) is 5.82 Å². The first-order chi connectivity index (χ1) is 6.58.